The SMILES string of the molecule is Cc1ccc(-n2nc(C)c3c2NC2=C(C(=O)CCC2)[C@@H]3c2cc(C)ccc2O)cc1. The fraction of sp³-hybridized carbons (Fsp3) is 0.280. The molecule has 2 aliphatic rings. The standard InChI is InChI=1S/C25H25N3O2/c1-14-7-10-17(11-8-14)28-25-22(16(3)27-28)23(18-13-15(2)9-12-20(18)29)24-19(26-25)5-4-6-21(24)30/h7-13,23,26,29H,4-6H2,1-3H3/t23-/m1/s1. The summed E-state index contributed by atoms with van der Waals surface area (Å²) in [5.41, 5.74) is 7.54. The summed E-state index contributed by atoms with van der Waals surface area (Å²) < 4.78 is 1.92. The van der Waals surface area contributed by atoms with Gasteiger partial charge in [-0.3, -0.25) is 4.79 Å². The van der Waals surface area contributed by atoms with E-state index >= 15 is 0 Å². The summed E-state index contributed by atoms with van der Waals surface area (Å²) in [4.78, 5) is 13.0. The number of aryl methyl sites for hydroxylation is 3. The lowest BCUT2D eigenvalue weighted by atomic mass is 9.75. The van der Waals surface area contributed by atoms with Gasteiger partial charge in [-0.25, -0.2) is 4.68 Å². The molecule has 0 radical (unpaired) electrons. The Balaban J connectivity index is 1.77. The molecular weight excluding hydrogens is 374 g/mol. The van der Waals surface area contributed by atoms with Gasteiger partial charge in [0.15, 0.2) is 5.78 Å². The van der Waals surface area contributed by atoms with Crippen LogP contribution in [0.15, 0.2) is 53.7 Å². The maximum atomic E-state index is 13.0. The minimum atomic E-state index is -0.317. The zero-order chi connectivity index (χ0) is 21.0. The molecule has 1 aliphatic heterocycles. The van der Waals surface area contributed by atoms with Gasteiger partial charge in [0.05, 0.1) is 11.4 Å². The van der Waals surface area contributed by atoms with Crippen LogP contribution in [0.2, 0.25) is 0 Å². The molecule has 1 aliphatic carbocycles. The van der Waals surface area contributed by atoms with E-state index in [1.54, 1.807) is 6.07 Å². The Bertz CT molecular complexity index is 1200. The van der Waals surface area contributed by atoms with E-state index < -0.39 is 0 Å². The monoisotopic (exact) mass is 399 g/mol. The Hall–Kier alpha value is -3.34. The van der Waals surface area contributed by atoms with Gasteiger partial charge in [-0.1, -0.05) is 35.4 Å². The van der Waals surface area contributed by atoms with Crippen LogP contribution >= 0.6 is 0 Å². The lowest BCUT2D eigenvalue weighted by Crippen LogP contribution is -2.27. The predicted molar refractivity (Wildman–Crippen MR) is 117 cm³/mol. The molecule has 0 spiro atoms. The average Bonchev–Trinajstić information content (AvgIpc) is 3.05. The lowest BCUT2D eigenvalue weighted by molar-refractivity contribution is -0.116. The van der Waals surface area contributed by atoms with Crippen LogP contribution in [0.4, 0.5) is 5.82 Å². The Morgan fingerprint density at radius 1 is 1.03 bits per heavy atom. The minimum Gasteiger partial charge on any atom is -0.508 e. The van der Waals surface area contributed by atoms with Crippen molar-refractivity contribution in [2.24, 2.45) is 0 Å². The predicted octanol–water partition coefficient (Wildman–Crippen LogP) is 5.07. The van der Waals surface area contributed by atoms with E-state index in [4.69, 9.17) is 5.10 Å². The van der Waals surface area contributed by atoms with Crippen LogP contribution in [0.5, 0.6) is 5.75 Å². The van der Waals surface area contributed by atoms with Crippen LogP contribution in [0.3, 0.4) is 0 Å². The zero-order valence-electron chi connectivity index (χ0n) is 17.5. The van der Waals surface area contributed by atoms with E-state index in [0.717, 1.165) is 58.0 Å². The van der Waals surface area contributed by atoms with Crippen LogP contribution in [0.25, 0.3) is 5.69 Å². The first-order chi connectivity index (χ1) is 14.4. The molecule has 0 saturated heterocycles. The van der Waals surface area contributed by atoms with Crippen molar-refractivity contribution < 1.29 is 9.90 Å². The highest BCUT2D eigenvalue weighted by Gasteiger charge is 2.39. The molecule has 30 heavy (non-hydrogen) atoms. The molecule has 0 bridgehead atoms. The summed E-state index contributed by atoms with van der Waals surface area (Å²) in [5.74, 6) is 0.938. The number of phenols is 1. The molecule has 0 amide bonds. The number of Topliss-reactive ketones (excluding diaryl/α,β-unsaturated/α-hetero) is 1. The Morgan fingerprint density at radius 3 is 2.53 bits per heavy atom. The number of hydrogen-bond donors (Lipinski definition) is 2. The van der Waals surface area contributed by atoms with Gasteiger partial charge in [0.25, 0.3) is 0 Å². The van der Waals surface area contributed by atoms with Crippen LogP contribution in [0, 0.1) is 20.8 Å². The molecule has 2 aromatic carbocycles. The van der Waals surface area contributed by atoms with Crippen molar-refractivity contribution in [2.45, 2.75) is 46.0 Å². The molecule has 3 aromatic rings. The molecule has 1 aromatic heterocycles. The fourth-order valence-corrected chi connectivity index (χ4v) is 4.71. The number of fused-ring (bicyclic) bond motifs is 1. The van der Waals surface area contributed by atoms with Gasteiger partial charge in [-0.2, -0.15) is 5.10 Å². The summed E-state index contributed by atoms with van der Waals surface area (Å²) in [5, 5.41) is 19.1. The summed E-state index contributed by atoms with van der Waals surface area (Å²) >= 11 is 0. The normalized spacial score (nSPS) is 18.1. The molecule has 2 heterocycles. The van der Waals surface area contributed by atoms with E-state index in [1.807, 2.05) is 30.7 Å². The number of aromatic hydroxyl groups is 1. The highest BCUT2D eigenvalue weighted by Crippen LogP contribution is 2.49. The van der Waals surface area contributed by atoms with E-state index in [1.165, 1.54) is 5.56 Å². The number of anilines is 1. The molecule has 2 N–H and O–H groups in total. The fourth-order valence-electron chi connectivity index (χ4n) is 4.71. The second kappa shape index (κ2) is 6.87. The average molecular weight is 399 g/mol. The van der Waals surface area contributed by atoms with Crippen molar-refractivity contribution in [3.8, 4) is 11.4 Å². The number of carbonyl (C=O) groups excluding carboxylic acids is 1. The van der Waals surface area contributed by atoms with Crippen molar-refractivity contribution in [2.75, 3.05) is 5.32 Å². The van der Waals surface area contributed by atoms with Crippen molar-refractivity contribution in [3.05, 3.63) is 81.7 Å². The number of nitrogens with one attached hydrogen (secondary N) is 1. The zero-order valence-corrected chi connectivity index (χ0v) is 17.5. The second-order valence-electron chi connectivity index (χ2n) is 8.38. The van der Waals surface area contributed by atoms with Gasteiger partial charge in [0.1, 0.15) is 11.6 Å². The van der Waals surface area contributed by atoms with E-state index in [9.17, 15) is 9.90 Å². The molecule has 0 fully saturated rings. The summed E-state index contributed by atoms with van der Waals surface area (Å²) in [6, 6.07) is 13.9. The third kappa shape index (κ3) is 2.84. The first-order valence-corrected chi connectivity index (χ1v) is 10.4. The van der Waals surface area contributed by atoms with Gasteiger partial charge < -0.3 is 10.4 Å². The Morgan fingerprint density at radius 2 is 1.77 bits per heavy atom. The van der Waals surface area contributed by atoms with Crippen molar-refractivity contribution >= 4 is 11.6 Å². The summed E-state index contributed by atoms with van der Waals surface area (Å²) in [6.07, 6.45) is 2.20. The van der Waals surface area contributed by atoms with Crippen LogP contribution in [0.1, 0.15) is 53.1 Å². The number of benzene rings is 2. The first kappa shape index (κ1) is 18.7. The smallest absolute Gasteiger partial charge is 0.161 e. The topological polar surface area (TPSA) is 67.2 Å². The maximum Gasteiger partial charge on any atom is 0.161 e. The highest BCUT2D eigenvalue weighted by atomic mass is 16.3. The third-order valence-electron chi connectivity index (χ3n) is 6.18. The number of allylic oxidation sites excluding steroid dienone is 2. The molecule has 0 unspecified atom stereocenters. The Labute approximate surface area is 176 Å². The summed E-state index contributed by atoms with van der Waals surface area (Å²) in [7, 11) is 0. The second-order valence-corrected chi connectivity index (χ2v) is 8.38. The molecule has 1 atom stereocenters. The minimum absolute atomic E-state index is 0.155. The quantitative estimate of drug-likeness (QED) is 0.631. The Kier molecular flexibility index (Phi) is 4.28. The van der Waals surface area contributed by atoms with Crippen LogP contribution < -0.4 is 5.32 Å². The van der Waals surface area contributed by atoms with E-state index in [-0.39, 0.29) is 17.5 Å². The van der Waals surface area contributed by atoms with E-state index in [2.05, 4.69) is 36.5 Å². The van der Waals surface area contributed by atoms with Gasteiger partial charge in [-0.05, 0) is 51.8 Å². The number of rotatable bonds is 2. The molecule has 0 saturated carbocycles. The molecule has 5 nitrogen and oxygen atoms in total. The maximum absolute atomic E-state index is 13.0. The number of ketones is 1. The van der Waals surface area contributed by atoms with Gasteiger partial charge in [0.2, 0.25) is 0 Å². The molecule has 5 rings (SSSR count). The van der Waals surface area contributed by atoms with Gasteiger partial charge >= 0.3 is 0 Å². The van der Waals surface area contributed by atoms with Crippen LogP contribution in [-0.4, -0.2) is 20.7 Å². The van der Waals surface area contributed by atoms with Crippen LogP contribution in [-0.2, 0) is 4.79 Å². The molecule has 5 heteroatoms. The third-order valence-corrected chi connectivity index (χ3v) is 6.18. The largest absolute Gasteiger partial charge is 0.508 e. The van der Waals surface area contributed by atoms with E-state index in [0.29, 0.717) is 6.42 Å². The first-order valence-electron chi connectivity index (χ1n) is 10.4. The lowest BCUT2D eigenvalue weighted by Gasteiger charge is -2.33. The number of aromatic nitrogens is 2. The van der Waals surface area contributed by atoms with Gasteiger partial charge in [-0.15, -0.1) is 0 Å². The van der Waals surface area contributed by atoms with Crippen molar-refractivity contribution in [3.63, 3.8) is 0 Å². The highest BCUT2D eigenvalue weighted by molar-refractivity contribution is 6.01. The number of phenolic OH excluding ortho intramolecular Hbond substituents is 1. The number of nitrogens with zero attached hydrogens (tertiary/aromatic N) is 2. The molecular formula is C25H25N3O2. The number of hydrogen-bond acceptors (Lipinski definition) is 4. The van der Waals surface area contributed by atoms with Crippen molar-refractivity contribution in [1.82, 2.24) is 9.78 Å². The summed E-state index contributed by atoms with van der Waals surface area (Å²) in [6.45, 7) is 6.04. The number of carbonyl (C=O) groups is 1. The van der Waals surface area contributed by atoms with Gasteiger partial charge in [0, 0.05) is 34.7 Å². The van der Waals surface area contributed by atoms with Crippen molar-refractivity contribution in [1.29, 1.82) is 0 Å². The molecule has 152 valence electrons.